The van der Waals surface area contributed by atoms with Crippen LogP contribution in [0.5, 0.6) is 6.01 Å². The molecule has 0 spiro atoms. The Morgan fingerprint density at radius 3 is 2.78 bits per heavy atom. The molecular weight excluding hydrogens is 420 g/mol. The van der Waals surface area contributed by atoms with Crippen LogP contribution in [0.2, 0.25) is 0 Å². The maximum absolute atomic E-state index is 13.7. The Labute approximate surface area is 182 Å². The van der Waals surface area contributed by atoms with Crippen molar-refractivity contribution in [2.75, 3.05) is 13.1 Å². The molecule has 166 valence electrons. The second-order valence-corrected chi connectivity index (χ2v) is 8.66. The summed E-state index contributed by atoms with van der Waals surface area (Å²) in [5.74, 6) is -1.98. The van der Waals surface area contributed by atoms with Gasteiger partial charge in [-0.25, -0.2) is 8.78 Å². The second-order valence-electron chi connectivity index (χ2n) is 8.66. The van der Waals surface area contributed by atoms with Gasteiger partial charge in [0, 0.05) is 42.3 Å². The third-order valence-corrected chi connectivity index (χ3v) is 6.01. The van der Waals surface area contributed by atoms with Gasteiger partial charge in [0.2, 0.25) is 0 Å². The van der Waals surface area contributed by atoms with Crippen LogP contribution in [0.3, 0.4) is 0 Å². The minimum Gasteiger partial charge on any atom is -0.436 e. The molecule has 3 aromatic rings. The first-order chi connectivity index (χ1) is 15.2. The largest absolute Gasteiger partial charge is 0.436 e. The predicted molar refractivity (Wildman–Crippen MR) is 111 cm³/mol. The zero-order valence-corrected chi connectivity index (χ0v) is 17.6. The van der Waals surface area contributed by atoms with Crippen LogP contribution >= 0.6 is 0 Å². The average Bonchev–Trinajstić information content (AvgIpc) is 3.25. The van der Waals surface area contributed by atoms with Gasteiger partial charge in [0.1, 0.15) is 11.8 Å². The van der Waals surface area contributed by atoms with Crippen molar-refractivity contribution in [1.82, 2.24) is 19.4 Å². The van der Waals surface area contributed by atoms with Gasteiger partial charge in [0.25, 0.3) is 0 Å². The standard InChI is InChI=1S/C22H21F2N5O3/c1-13-7-19(14-3-4-16(23)17(24)8-14)25-18-5-6-27(9-15(13)18)11-22(2)12-28-10-20(29(30)31)26-21(28)32-22/h3-4,7-8,10H,5-6,9,11-12H2,1-2H3/t22-/m0/s1. The van der Waals surface area contributed by atoms with Crippen LogP contribution in [-0.2, 0) is 19.5 Å². The Morgan fingerprint density at radius 2 is 2.06 bits per heavy atom. The number of pyridine rings is 1. The summed E-state index contributed by atoms with van der Waals surface area (Å²) in [6.07, 6.45) is 2.12. The van der Waals surface area contributed by atoms with Crippen LogP contribution in [0.4, 0.5) is 14.6 Å². The van der Waals surface area contributed by atoms with E-state index in [1.165, 1.54) is 18.3 Å². The van der Waals surface area contributed by atoms with Crippen LogP contribution in [0.15, 0.2) is 30.5 Å². The number of ether oxygens (including phenoxy) is 1. The quantitative estimate of drug-likeness (QED) is 0.454. The molecule has 0 radical (unpaired) electrons. The molecule has 10 heteroatoms. The SMILES string of the molecule is Cc1cc(-c2ccc(F)c(F)c2)nc2c1CN(C[C@@]1(C)Cn3cc([N+](=O)[O-])nc3O1)CC2. The molecule has 1 aromatic carbocycles. The van der Waals surface area contributed by atoms with E-state index in [-0.39, 0.29) is 11.8 Å². The molecule has 1 atom stereocenters. The number of halogens is 2. The number of nitrogens with zero attached hydrogens (tertiary/aromatic N) is 5. The van der Waals surface area contributed by atoms with Crippen molar-refractivity contribution in [2.45, 2.75) is 39.0 Å². The van der Waals surface area contributed by atoms with Gasteiger partial charge >= 0.3 is 11.8 Å². The Bertz CT molecular complexity index is 1220. The number of nitro groups is 1. The van der Waals surface area contributed by atoms with E-state index in [0.29, 0.717) is 30.9 Å². The van der Waals surface area contributed by atoms with Gasteiger partial charge in [0.05, 0.1) is 12.2 Å². The molecule has 4 heterocycles. The van der Waals surface area contributed by atoms with Gasteiger partial charge < -0.3 is 14.9 Å². The fourth-order valence-corrected chi connectivity index (χ4v) is 4.53. The predicted octanol–water partition coefficient (Wildman–Crippen LogP) is 3.65. The summed E-state index contributed by atoms with van der Waals surface area (Å²) in [6.45, 7) is 6.54. The van der Waals surface area contributed by atoms with Crippen LogP contribution < -0.4 is 4.74 Å². The van der Waals surface area contributed by atoms with E-state index in [4.69, 9.17) is 9.72 Å². The molecule has 0 aliphatic carbocycles. The summed E-state index contributed by atoms with van der Waals surface area (Å²) in [6, 6.07) is 5.99. The third kappa shape index (κ3) is 3.60. The molecule has 5 rings (SSSR count). The molecule has 32 heavy (non-hydrogen) atoms. The Kier molecular flexibility index (Phi) is 4.70. The number of fused-ring (bicyclic) bond motifs is 2. The number of rotatable bonds is 4. The molecule has 2 aliphatic rings. The maximum Gasteiger partial charge on any atom is 0.415 e. The van der Waals surface area contributed by atoms with Crippen molar-refractivity contribution in [1.29, 1.82) is 0 Å². The van der Waals surface area contributed by atoms with Crippen LogP contribution in [-0.4, -0.2) is 43.0 Å². The number of hydrogen-bond donors (Lipinski definition) is 0. The highest BCUT2D eigenvalue weighted by Crippen LogP contribution is 2.33. The van der Waals surface area contributed by atoms with Crippen LogP contribution in [0, 0.1) is 28.7 Å². The van der Waals surface area contributed by atoms with E-state index in [1.807, 2.05) is 19.9 Å². The normalized spacial score (nSPS) is 20.0. The molecule has 0 bridgehead atoms. The maximum atomic E-state index is 13.7. The lowest BCUT2D eigenvalue weighted by Crippen LogP contribution is -2.46. The van der Waals surface area contributed by atoms with Gasteiger partial charge in [-0.3, -0.25) is 14.5 Å². The van der Waals surface area contributed by atoms with Crippen molar-refractivity contribution in [3.05, 3.63) is 69.0 Å². The number of hydrogen-bond acceptors (Lipinski definition) is 6. The first-order valence-corrected chi connectivity index (χ1v) is 10.3. The zero-order valence-electron chi connectivity index (χ0n) is 17.6. The number of aromatic nitrogens is 3. The minimum atomic E-state index is -0.888. The average molecular weight is 441 g/mol. The Morgan fingerprint density at radius 1 is 1.25 bits per heavy atom. The molecule has 2 aromatic heterocycles. The van der Waals surface area contributed by atoms with Gasteiger partial charge in [-0.15, -0.1) is 0 Å². The van der Waals surface area contributed by atoms with Gasteiger partial charge in [-0.2, -0.15) is 0 Å². The van der Waals surface area contributed by atoms with Crippen molar-refractivity contribution >= 4 is 5.82 Å². The lowest BCUT2D eigenvalue weighted by molar-refractivity contribution is -0.389. The fraction of sp³-hybridized carbons (Fsp3) is 0.364. The van der Waals surface area contributed by atoms with Crippen LogP contribution in [0.25, 0.3) is 11.3 Å². The summed E-state index contributed by atoms with van der Waals surface area (Å²) < 4.78 is 34.6. The molecule has 0 saturated carbocycles. The van der Waals surface area contributed by atoms with E-state index in [9.17, 15) is 18.9 Å². The first-order valence-electron chi connectivity index (χ1n) is 10.3. The smallest absolute Gasteiger partial charge is 0.415 e. The molecule has 0 N–H and O–H groups in total. The lowest BCUT2D eigenvalue weighted by Gasteiger charge is -2.34. The molecule has 8 nitrogen and oxygen atoms in total. The second kappa shape index (κ2) is 7.33. The van der Waals surface area contributed by atoms with E-state index in [2.05, 4.69) is 9.88 Å². The summed E-state index contributed by atoms with van der Waals surface area (Å²) in [5.41, 5.74) is 3.77. The third-order valence-electron chi connectivity index (χ3n) is 6.01. The molecule has 2 aliphatic heterocycles. The van der Waals surface area contributed by atoms with Crippen molar-refractivity contribution in [3.63, 3.8) is 0 Å². The van der Waals surface area contributed by atoms with Crippen molar-refractivity contribution in [3.8, 4) is 17.3 Å². The zero-order chi connectivity index (χ0) is 22.6. The molecule has 0 fully saturated rings. The van der Waals surface area contributed by atoms with E-state index in [1.54, 1.807) is 4.57 Å². The van der Waals surface area contributed by atoms with Crippen molar-refractivity contribution < 1.29 is 18.4 Å². The number of imidazole rings is 1. The number of benzene rings is 1. The number of aryl methyl sites for hydroxylation is 1. The fourth-order valence-electron chi connectivity index (χ4n) is 4.53. The van der Waals surface area contributed by atoms with E-state index in [0.717, 1.165) is 35.9 Å². The summed E-state index contributed by atoms with van der Waals surface area (Å²) >= 11 is 0. The monoisotopic (exact) mass is 441 g/mol. The van der Waals surface area contributed by atoms with Gasteiger partial charge in [-0.05, 0) is 54.2 Å². The Hall–Kier alpha value is -3.40. The molecule has 0 amide bonds. The highest BCUT2D eigenvalue weighted by molar-refractivity contribution is 5.61. The summed E-state index contributed by atoms with van der Waals surface area (Å²) in [7, 11) is 0. The van der Waals surface area contributed by atoms with Gasteiger partial charge in [0.15, 0.2) is 11.6 Å². The van der Waals surface area contributed by atoms with E-state index >= 15 is 0 Å². The Balaban J connectivity index is 1.32. The molecule has 0 unspecified atom stereocenters. The van der Waals surface area contributed by atoms with Crippen molar-refractivity contribution in [2.24, 2.45) is 0 Å². The lowest BCUT2D eigenvalue weighted by atomic mass is 9.96. The van der Waals surface area contributed by atoms with Crippen LogP contribution in [0.1, 0.15) is 23.7 Å². The topological polar surface area (TPSA) is 86.3 Å². The van der Waals surface area contributed by atoms with E-state index < -0.39 is 22.2 Å². The highest BCUT2D eigenvalue weighted by Gasteiger charge is 2.42. The van der Waals surface area contributed by atoms with Gasteiger partial charge in [-0.1, -0.05) is 0 Å². The first kappa shape index (κ1) is 20.5. The highest BCUT2D eigenvalue weighted by atomic mass is 19.2. The minimum absolute atomic E-state index is 0.215. The molecular formula is C22H21F2N5O3. The summed E-state index contributed by atoms with van der Waals surface area (Å²) in [4.78, 5) is 21.3. The summed E-state index contributed by atoms with van der Waals surface area (Å²) in [5, 5.41) is 10.9. The molecule has 0 saturated heterocycles.